The molecule has 1 fully saturated rings. The van der Waals surface area contributed by atoms with Crippen LogP contribution >= 0.6 is 22.9 Å². The minimum absolute atomic E-state index is 0.0297. The number of hydrogen-bond acceptors (Lipinski definition) is 5. The van der Waals surface area contributed by atoms with Gasteiger partial charge in [0.25, 0.3) is 11.5 Å². The first-order valence-corrected chi connectivity index (χ1v) is 11.0. The highest BCUT2D eigenvalue weighted by atomic mass is 35.5. The number of nitrogens with one attached hydrogen (secondary N) is 2. The average molecular weight is 476 g/mol. The van der Waals surface area contributed by atoms with Gasteiger partial charge in [0.05, 0.1) is 32.7 Å². The second-order valence-electron chi connectivity index (χ2n) is 7.48. The SMILES string of the molecule is O=C(N[C@H]1C[C@@H](C(=O)Nc2ccc(-n3ccccc3=O)cc2F)C[C@@H]1O)c1ccc(Cl)s1. The van der Waals surface area contributed by atoms with Crippen LogP contribution in [0.3, 0.4) is 0 Å². The fourth-order valence-electron chi connectivity index (χ4n) is 3.69. The number of rotatable bonds is 5. The van der Waals surface area contributed by atoms with Crippen LogP contribution in [-0.4, -0.2) is 33.6 Å². The first kappa shape index (κ1) is 22.2. The van der Waals surface area contributed by atoms with E-state index in [4.69, 9.17) is 11.6 Å². The maximum absolute atomic E-state index is 14.6. The Labute approximate surface area is 191 Å². The molecule has 32 heavy (non-hydrogen) atoms. The summed E-state index contributed by atoms with van der Waals surface area (Å²) in [5, 5.41) is 15.6. The fraction of sp³-hybridized carbons (Fsp3) is 0.227. The first-order chi connectivity index (χ1) is 15.3. The van der Waals surface area contributed by atoms with Crippen LogP contribution in [0.15, 0.2) is 59.5 Å². The van der Waals surface area contributed by atoms with E-state index in [0.717, 1.165) is 17.4 Å². The summed E-state index contributed by atoms with van der Waals surface area (Å²) in [4.78, 5) is 37.3. The lowest BCUT2D eigenvalue weighted by atomic mass is 10.1. The molecule has 10 heteroatoms. The van der Waals surface area contributed by atoms with Crippen molar-refractivity contribution in [3.63, 3.8) is 0 Å². The van der Waals surface area contributed by atoms with E-state index in [1.807, 2.05) is 0 Å². The standard InChI is InChI=1S/C22H19ClFN3O4S/c23-19-7-6-18(32-19)22(31)26-16-9-12(10-17(16)28)21(30)25-15-5-4-13(11-14(15)24)27-8-2-1-3-20(27)29/h1-8,11-12,16-17,28H,9-10H2,(H,25,30)(H,26,31)/t12-,16+,17+/m1/s1. The number of aliphatic hydroxyl groups excluding tert-OH is 1. The summed E-state index contributed by atoms with van der Waals surface area (Å²) in [6.07, 6.45) is 0.980. The quantitative estimate of drug-likeness (QED) is 0.527. The topological polar surface area (TPSA) is 100 Å². The molecule has 4 rings (SSSR count). The highest BCUT2D eigenvalue weighted by molar-refractivity contribution is 7.18. The maximum Gasteiger partial charge on any atom is 0.261 e. The van der Waals surface area contributed by atoms with Crippen molar-refractivity contribution in [2.24, 2.45) is 5.92 Å². The molecular weight excluding hydrogens is 457 g/mol. The second kappa shape index (κ2) is 9.23. The Bertz CT molecular complexity index is 1230. The number of pyridine rings is 1. The van der Waals surface area contributed by atoms with Crippen molar-refractivity contribution in [1.29, 1.82) is 0 Å². The molecule has 3 aromatic rings. The fourth-order valence-corrected chi connectivity index (χ4v) is 4.64. The lowest BCUT2D eigenvalue weighted by Gasteiger charge is -2.15. The van der Waals surface area contributed by atoms with Gasteiger partial charge in [0.2, 0.25) is 5.91 Å². The van der Waals surface area contributed by atoms with Gasteiger partial charge >= 0.3 is 0 Å². The molecule has 1 aliphatic rings. The Balaban J connectivity index is 1.40. The third kappa shape index (κ3) is 4.74. The molecular formula is C22H19ClFN3O4S. The molecule has 0 aliphatic heterocycles. The number of hydrogen-bond donors (Lipinski definition) is 3. The lowest BCUT2D eigenvalue weighted by molar-refractivity contribution is -0.119. The minimum atomic E-state index is -0.901. The van der Waals surface area contributed by atoms with Crippen LogP contribution in [0.25, 0.3) is 5.69 Å². The molecule has 0 unspecified atom stereocenters. The molecule has 1 aliphatic carbocycles. The third-order valence-corrected chi connectivity index (χ3v) is 6.55. The van der Waals surface area contributed by atoms with E-state index < -0.39 is 29.8 Å². The average Bonchev–Trinajstić information content (AvgIpc) is 3.36. The van der Waals surface area contributed by atoms with Crippen LogP contribution in [0.4, 0.5) is 10.1 Å². The first-order valence-electron chi connectivity index (χ1n) is 9.84. The molecule has 0 bridgehead atoms. The van der Waals surface area contributed by atoms with Crippen molar-refractivity contribution in [2.75, 3.05) is 5.32 Å². The zero-order valence-electron chi connectivity index (χ0n) is 16.6. The monoisotopic (exact) mass is 475 g/mol. The summed E-state index contributed by atoms with van der Waals surface area (Å²) >= 11 is 6.97. The summed E-state index contributed by atoms with van der Waals surface area (Å²) in [6.45, 7) is 0. The molecule has 2 heterocycles. The number of thiophene rings is 1. The van der Waals surface area contributed by atoms with E-state index in [1.54, 1.807) is 24.3 Å². The maximum atomic E-state index is 14.6. The van der Waals surface area contributed by atoms with Crippen LogP contribution in [0.1, 0.15) is 22.5 Å². The zero-order chi connectivity index (χ0) is 22.8. The summed E-state index contributed by atoms with van der Waals surface area (Å²) < 4.78 is 16.3. The van der Waals surface area contributed by atoms with Crippen LogP contribution in [0, 0.1) is 11.7 Å². The van der Waals surface area contributed by atoms with E-state index in [9.17, 15) is 23.9 Å². The van der Waals surface area contributed by atoms with Crippen LogP contribution in [0.2, 0.25) is 4.34 Å². The van der Waals surface area contributed by atoms with Gasteiger partial charge in [0.15, 0.2) is 0 Å². The van der Waals surface area contributed by atoms with Crippen LogP contribution in [-0.2, 0) is 4.79 Å². The van der Waals surface area contributed by atoms with Gasteiger partial charge in [-0.05, 0) is 43.2 Å². The number of carbonyl (C=O) groups excluding carboxylic acids is 2. The highest BCUT2D eigenvalue weighted by Crippen LogP contribution is 2.29. The number of benzene rings is 1. The summed E-state index contributed by atoms with van der Waals surface area (Å²) in [6, 6.07) is 11.3. The number of halogens is 2. The van der Waals surface area contributed by atoms with Gasteiger partial charge in [0, 0.05) is 24.2 Å². The molecule has 2 aromatic heterocycles. The van der Waals surface area contributed by atoms with E-state index in [1.165, 1.54) is 29.0 Å². The molecule has 0 saturated heterocycles. The zero-order valence-corrected chi connectivity index (χ0v) is 18.2. The van der Waals surface area contributed by atoms with Crippen LogP contribution < -0.4 is 16.2 Å². The molecule has 2 amide bonds. The normalized spacial score (nSPS) is 20.2. The van der Waals surface area contributed by atoms with Crippen LogP contribution in [0.5, 0.6) is 0 Å². The molecule has 1 aromatic carbocycles. The predicted molar refractivity (Wildman–Crippen MR) is 120 cm³/mol. The van der Waals surface area contributed by atoms with Gasteiger partial charge in [-0.25, -0.2) is 4.39 Å². The molecule has 0 radical (unpaired) electrons. The number of anilines is 1. The van der Waals surface area contributed by atoms with Gasteiger partial charge < -0.3 is 15.7 Å². The third-order valence-electron chi connectivity index (χ3n) is 5.32. The molecule has 3 atom stereocenters. The molecule has 3 N–H and O–H groups in total. The Morgan fingerprint density at radius 1 is 1.16 bits per heavy atom. The van der Waals surface area contributed by atoms with Crippen molar-refractivity contribution < 1.29 is 19.1 Å². The van der Waals surface area contributed by atoms with Crippen molar-refractivity contribution in [1.82, 2.24) is 9.88 Å². The molecule has 1 saturated carbocycles. The van der Waals surface area contributed by atoms with Gasteiger partial charge in [-0.2, -0.15) is 0 Å². The van der Waals surface area contributed by atoms with Gasteiger partial charge in [-0.15, -0.1) is 11.3 Å². The number of aromatic nitrogens is 1. The van der Waals surface area contributed by atoms with Crippen molar-refractivity contribution in [3.05, 3.63) is 80.1 Å². The number of carbonyl (C=O) groups is 2. The number of amides is 2. The van der Waals surface area contributed by atoms with Gasteiger partial charge in [-0.3, -0.25) is 19.0 Å². The summed E-state index contributed by atoms with van der Waals surface area (Å²) in [7, 11) is 0. The van der Waals surface area contributed by atoms with E-state index in [-0.39, 0.29) is 30.0 Å². The molecule has 166 valence electrons. The van der Waals surface area contributed by atoms with Crippen molar-refractivity contribution >= 4 is 40.4 Å². The Hall–Kier alpha value is -3.01. The highest BCUT2D eigenvalue weighted by Gasteiger charge is 2.38. The second-order valence-corrected chi connectivity index (χ2v) is 9.20. The Morgan fingerprint density at radius 2 is 1.97 bits per heavy atom. The van der Waals surface area contributed by atoms with E-state index in [0.29, 0.717) is 14.9 Å². The lowest BCUT2D eigenvalue weighted by Crippen LogP contribution is -2.39. The van der Waals surface area contributed by atoms with Crippen molar-refractivity contribution in [3.8, 4) is 5.69 Å². The van der Waals surface area contributed by atoms with Gasteiger partial charge in [0.1, 0.15) is 5.82 Å². The minimum Gasteiger partial charge on any atom is -0.391 e. The number of nitrogens with zero attached hydrogens (tertiary/aromatic N) is 1. The molecule has 0 spiro atoms. The largest absolute Gasteiger partial charge is 0.391 e. The Morgan fingerprint density at radius 3 is 2.66 bits per heavy atom. The van der Waals surface area contributed by atoms with E-state index >= 15 is 0 Å². The van der Waals surface area contributed by atoms with E-state index in [2.05, 4.69) is 10.6 Å². The smallest absolute Gasteiger partial charge is 0.261 e. The summed E-state index contributed by atoms with van der Waals surface area (Å²) in [5.41, 5.74) is -0.00156. The molecule has 7 nitrogen and oxygen atoms in total. The predicted octanol–water partition coefficient (Wildman–Crippen LogP) is 3.20. The van der Waals surface area contributed by atoms with Crippen molar-refractivity contribution in [2.45, 2.75) is 25.0 Å². The van der Waals surface area contributed by atoms with Gasteiger partial charge in [-0.1, -0.05) is 17.7 Å². The summed E-state index contributed by atoms with van der Waals surface area (Å²) in [5.74, 6) is -2.11. The number of aliphatic hydroxyl groups is 1. The Kier molecular flexibility index (Phi) is 6.40.